The molecule has 0 radical (unpaired) electrons. The first-order valence-electron chi connectivity index (χ1n) is 12.5. The summed E-state index contributed by atoms with van der Waals surface area (Å²) in [5, 5.41) is 0. The van der Waals surface area contributed by atoms with E-state index in [0.717, 1.165) is 33.3 Å². The van der Waals surface area contributed by atoms with E-state index in [9.17, 15) is 0 Å². The van der Waals surface area contributed by atoms with Crippen molar-refractivity contribution >= 4 is 31.9 Å². The summed E-state index contributed by atoms with van der Waals surface area (Å²) in [5.41, 5.74) is -0.187. The lowest BCUT2D eigenvalue weighted by Crippen LogP contribution is -2.63. The van der Waals surface area contributed by atoms with Crippen molar-refractivity contribution in [2.24, 2.45) is 10.8 Å². The van der Waals surface area contributed by atoms with Crippen molar-refractivity contribution in [3.8, 4) is 11.5 Å². The monoisotopic (exact) mass is 610 g/mol. The third-order valence-corrected chi connectivity index (χ3v) is 8.65. The van der Waals surface area contributed by atoms with Crippen LogP contribution in [0.4, 0.5) is 0 Å². The standard InChI is InChI=1S/C28H36Br2O5/c1-5-27(15-31-16-27)25(19(3)33-23-11-7-21(29)8-12-23)35-26(28(6-2)17-32-18-28)20(4)34-24-13-9-22(30)10-14-24/h7-14,19-20,25-26H,5-6,15-18H2,1-4H3. The van der Waals surface area contributed by atoms with Crippen LogP contribution in [0.5, 0.6) is 11.5 Å². The predicted molar refractivity (Wildman–Crippen MR) is 144 cm³/mol. The fourth-order valence-corrected chi connectivity index (χ4v) is 5.64. The van der Waals surface area contributed by atoms with Crippen LogP contribution < -0.4 is 9.47 Å². The summed E-state index contributed by atoms with van der Waals surface area (Å²) >= 11 is 7.01. The van der Waals surface area contributed by atoms with Crippen LogP contribution in [0.2, 0.25) is 0 Å². The van der Waals surface area contributed by atoms with Gasteiger partial charge in [0.15, 0.2) is 0 Å². The molecule has 2 heterocycles. The summed E-state index contributed by atoms with van der Waals surface area (Å²) in [6.07, 6.45) is 1.26. The second kappa shape index (κ2) is 11.5. The molecule has 2 aromatic rings. The van der Waals surface area contributed by atoms with Gasteiger partial charge >= 0.3 is 0 Å². The quantitative estimate of drug-likeness (QED) is 0.257. The van der Waals surface area contributed by atoms with Crippen molar-refractivity contribution in [1.29, 1.82) is 0 Å². The second-order valence-electron chi connectivity index (χ2n) is 9.95. The highest BCUT2D eigenvalue weighted by molar-refractivity contribution is 9.10. The molecule has 4 rings (SSSR count). The molecule has 2 fully saturated rings. The lowest BCUT2D eigenvalue weighted by Gasteiger charge is -2.54. The molecule has 0 N–H and O–H groups in total. The number of rotatable bonds is 12. The molecule has 0 amide bonds. The largest absolute Gasteiger partial charge is 0.488 e. The summed E-state index contributed by atoms with van der Waals surface area (Å²) in [6, 6.07) is 15.9. The van der Waals surface area contributed by atoms with Crippen molar-refractivity contribution in [3.05, 3.63) is 57.5 Å². The van der Waals surface area contributed by atoms with Crippen molar-refractivity contribution in [3.63, 3.8) is 0 Å². The minimum absolute atomic E-state index is 0.0934. The summed E-state index contributed by atoms with van der Waals surface area (Å²) < 4.78 is 33.5. The van der Waals surface area contributed by atoms with Crippen molar-refractivity contribution in [2.45, 2.75) is 65.0 Å². The Kier molecular flexibility index (Phi) is 8.86. The maximum atomic E-state index is 7.13. The Morgan fingerprint density at radius 2 is 1.03 bits per heavy atom. The minimum Gasteiger partial charge on any atom is -0.488 e. The first kappa shape index (κ1) is 26.9. The fourth-order valence-electron chi connectivity index (χ4n) is 5.11. The first-order valence-corrected chi connectivity index (χ1v) is 14.0. The Hall–Kier alpha value is -1.12. The SMILES string of the molecule is CCC1(C(OC(C(C)Oc2ccc(Br)cc2)C2(CC)COC2)C(C)Oc2ccc(Br)cc2)COC1. The van der Waals surface area contributed by atoms with Crippen LogP contribution in [0.3, 0.4) is 0 Å². The van der Waals surface area contributed by atoms with Gasteiger partial charge in [0.2, 0.25) is 0 Å². The Morgan fingerprint density at radius 3 is 1.29 bits per heavy atom. The molecule has 0 bridgehead atoms. The molecule has 2 aliphatic rings. The second-order valence-corrected chi connectivity index (χ2v) is 11.8. The molecule has 0 aliphatic carbocycles. The highest BCUT2D eigenvalue weighted by Gasteiger charge is 2.54. The molecule has 0 aromatic heterocycles. The molecule has 2 saturated heterocycles. The molecule has 7 heteroatoms. The van der Waals surface area contributed by atoms with Crippen LogP contribution in [-0.2, 0) is 14.2 Å². The van der Waals surface area contributed by atoms with Crippen LogP contribution in [0.25, 0.3) is 0 Å². The number of ether oxygens (including phenoxy) is 5. The van der Waals surface area contributed by atoms with Gasteiger partial charge in [-0.25, -0.2) is 0 Å². The summed E-state index contributed by atoms with van der Waals surface area (Å²) in [6.45, 7) is 11.3. The van der Waals surface area contributed by atoms with Gasteiger partial charge in [-0.2, -0.15) is 0 Å². The van der Waals surface area contributed by atoms with Gasteiger partial charge < -0.3 is 23.7 Å². The molecule has 35 heavy (non-hydrogen) atoms. The Morgan fingerprint density at radius 1 is 0.686 bits per heavy atom. The van der Waals surface area contributed by atoms with Gasteiger partial charge in [-0.3, -0.25) is 0 Å². The third-order valence-electron chi connectivity index (χ3n) is 7.59. The van der Waals surface area contributed by atoms with E-state index < -0.39 is 0 Å². The van der Waals surface area contributed by atoms with Crippen molar-refractivity contribution in [1.82, 2.24) is 0 Å². The number of benzene rings is 2. The molecular formula is C28H36Br2O5. The first-order chi connectivity index (χ1) is 16.8. The molecule has 0 spiro atoms. The van der Waals surface area contributed by atoms with E-state index in [4.69, 9.17) is 23.7 Å². The molecule has 2 aromatic carbocycles. The summed E-state index contributed by atoms with van der Waals surface area (Å²) in [7, 11) is 0. The summed E-state index contributed by atoms with van der Waals surface area (Å²) in [5.74, 6) is 1.65. The molecule has 2 aliphatic heterocycles. The van der Waals surface area contributed by atoms with Crippen LogP contribution in [0.1, 0.15) is 40.5 Å². The van der Waals surface area contributed by atoms with Gasteiger partial charge in [0.25, 0.3) is 0 Å². The Bertz CT molecular complexity index is 852. The normalized spacial score (nSPS) is 21.7. The average Bonchev–Trinajstić information content (AvgIpc) is 2.79. The Labute approximate surface area is 226 Å². The van der Waals surface area contributed by atoms with Crippen molar-refractivity contribution < 1.29 is 23.7 Å². The highest BCUT2D eigenvalue weighted by atomic mass is 79.9. The number of hydrogen-bond donors (Lipinski definition) is 0. The van der Waals surface area contributed by atoms with E-state index in [1.807, 2.05) is 48.5 Å². The highest BCUT2D eigenvalue weighted by Crippen LogP contribution is 2.45. The van der Waals surface area contributed by atoms with E-state index in [1.165, 1.54) is 0 Å². The van der Waals surface area contributed by atoms with Gasteiger partial charge in [-0.1, -0.05) is 45.7 Å². The van der Waals surface area contributed by atoms with Gasteiger partial charge in [0, 0.05) is 19.8 Å². The zero-order valence-electron chi connectivity index (χ0n) is 21.0. The van der Waals surface area contributed by atoms with Gasteiger partial charge in [0.05, 0.1) is 26.4 Å². The predicted octanol–water partition coefficient (Wildman–Crippen LogP) is 7.05. The van der Waals surface area contributed by atoms with Gasteiger partial charge in [-0.05, 0) is 75.2 Å². The molecular weight excluding hydrogens is 576 g/mol. The lowest BCUT2D eigenvalue weighted by molar-refractivity contribution is -0.275. The van der Waals surface area contributed by atoms with Crippen LogP contribution in [-0.4, -0.2) is 50.8 Å². The van der Waals surface area contributed by atoms with Gasteiger partial charge in [0.1, 0.15) is 35.9 Å². The van der Waals surface area contributed by atoms with E-state index >= 15 is 0 Å². The minimum atomic E-state index is -0.169. The molecule has 4 unspecified atom stereocenters. The maximum Gasteiger partial charge on any atom is 0.123 e. The van der Waals surface area contributed by atoms with Crippen LogP contribution >= 0.6 is 31.9 Å². The summed E-state index contributed by atoms with van der Waals surface area (Å²) in [4.78, 5) is 0. The molecule has 5 nitrogen and oxygen atoms in total. The van der Waals surface area contributed by atoms with E-state index in [0.29, 0.717) is 26.4 Å². The fraction of sp³-hybridized carbons (Fsp3) is 0.571. The lowest BCUT2D eigenvalue weighted by atomic mass is 9.73. The van der Waals surface area contributed by atoms with E-state index in [2.05, 4.69) is 59.6 Å². The molecule has 4 atom stereocenters. The zero-order chi connectivity index (χ0) is 25.1. The van der Waals surface area contributed by atoms with Crippen LogP contribution in [0, 0.1) is 10.8 Å². The van der Waals surface area contributed by atoms with E-state index in [-0.39, 0.29) is 35.2 Å². The maximum absolute atomic E-state index is 7.13. The van der Waals surface area contributed by atoms with Crippen LogP contribution in [0.15, 0.2) is 57.5 Å². The molecule has 0 saturated carbocycles. The zero-order valence-corrected chi connectivity index (χ0v) is 24.1. The number of hydrogen-bond acceptors (Lipinski definition) is 5. The topological polar surface area (TPSA) is 46.2 Å². The molecule has 192 valence electrons. The number of halogens is 2. The smallest absolute Gasteiger partial charge is 0.123 e. The Balaban J connectivity index is 1.60. The van der Waals surface area contributed by atoms with Crippen molar-refractivity contribution in [2.75, 3.05) is 26.4 Å². The van der Waals surface area contributed by atoms with E-state index in [1.54, 1.807) is 0 Å². The average molecular weight is 612 g/mol. The third kappa shape index (κ3) is 5.90. The van der Waals surface area contributed by atoms with Gasteiger partial charge in [-0.15, -0.1) is 0 Å².